The van der Waals surface area contributed by atoms with E-state index in [4.69, 9.17) is 16.3 Å². The van der Waals surface area contributed by atoms with Crippen molar-refractivity contribution in [3.63, 3.8) is 0 Å². The number of hydrogen-bond acceptors (Lipinski definition) is 3. The van der Waals surface area contributed by atoms with Crippen LogP contribution < -0.4 is 0 Å². The molecule has 0 aromatic heterocycles. The molecule has 134 valence electrons. The van der Waals surface area contributed by atoms with Gasteiger partial charge in [0.1, 0.15) is 6.10 Å². The Bertz CT molecular complexity index is 698. The van der Waals surface area contributed by atoms with Gasteiger partial charge in [-0.15, -0.1) is 11.8 Å². The predicted octanol–water partition coefficient (Wildman–Crippen LogP) is 5.75. The maximum atomic E-state index is 12.5. The Labute approximate surface area is 159 Å². The first-order valence-electron chi connectivity index (χ1n) is 9.27. The highest BCUT2D eigenvalue weighted by atomic mass is 35.5. The van der Waals surface area contributed by atoms with E-state index in [1.807, 2.05) is 24.3 Å². The van der Waals surface area contributed by atoms with Crippen LogP contribution >= 0.6 is 23.4 Å². The van der Waals surface area contributed by atoms with Crippen molar-refractivity contribution in [2.75, 3.05) is 5.75 Å². The molecular weight excluding hydrogens is 352 g/mol. The Hall–Kier alpha value is -0.930. The highest BCUT2D eigenvalue weighted by Crippen LogP contribution is 2.54. The highest BCUT2D eigenvalue weighted by molar-refractivity contribution is 7.99. The first-order valence-corrected chi connectivity index (χ1v) is 10.6. The zero-order valence-electron chi connectivity index (χ0n) is 14.8. The molecule has 0 radical (unpaired) electrons. The summed E-state index contributed by atoms with van der Waals surface area (Å²) in [4.78, 5) is 13.7. The fourth-order valence-corrected chi connectivity index (χ4v) is 6.14. The molecular formula is C21H25ClO2S. The van der Waals surface area contributed by atoms with Crippen molar-refractivity contribution in [1.29, 1.82) is 0 Å². The van der Waals surface area contributed by atoms with E-state index in [0.29, 0.717) is 5.92 Å². The summed E-state index contributed by atoms with van der Waals surface area (Å²) in [6, 6.07) is 7.84. The van der Waals surface area contributed by atoms with Crippen molar-refractivity contribution in [2.24, 2.45) is 23.2 Å². The van der Waals surface area contributed by atoms with Crippen LogP contribution in [0.5, 0.6) is 0 Å². The van der Waals surface area contributed by atoms with Crippen molar-refractivity contribution < 1.29 is 9.53 Å². The van der Waals surface area contributed by atoms with Gasteiger partial charge in [0.15, 0.2) is 0 Å². The minimum atomic E-state index is -0.0307. The number of hydrogen-bond donors (Lipinski definition) is 0. The molecule has 1 saturated carbocycles. The molecule has 1 saturated heterocycles. The minimum absolute atomic E-state index is 0.0109. The molecule has 25 heavy (non-hydrogen) atoms. The van der Waals surface area contributed by atoms with Gasteiger partial charge in [0.2, 0.25) is 0 Å². The van der Waals surface area contributed by atoms with Gasteiger partial charge < -0.3 is 4.74 Å². The first kappa shape index (κ1) is 17.5. The first-order chi connectivity index (χ1) is 12.0. The Morgan fingerprint density at radius 3 is 2.84 bits per heavy atom. The number of ether oxygens (including phenoxy) is 1. The third kappa shape index (κ3) is 3.26. The molecule has 0 bridgehead atoms. The van der Waals surface area contributed by atoms with Crippen LogP contribution in [0, 0.1) is 23.2 Å². The molecule has 1 aromatic carbocycles. The number of rotatable bonds is 3. The monoisotopic (exact) mass is 376 g/mol. The molecule has 5 unspecified atom stereocenters. The number of halogens is 1. The van der Waals surface area contributed by atoms with Gasteiger partial charge in [0, 0.05) is 21.6 Å². The maximum absolute atomic E-state index is 12.5. The van der Waals surface area contributed by atoms with Crippen LogP contribution in [0.15, 0.2) is 40.8 Å². The lowest BCUT2D eigenvalue weighted by Crippen LogP contribution is -2.39. The molecule has 0 amide bonds. The Balaban J connectivity index is 1.53. The number of esters is 1. The van der Waals surface area contributed by atoms with E-state index in [1.54, 1.807) is 17.3 Å². The standard InChI is InChI=1S/C21H25ClO2S/c1-13-4-3-9-21(2)11-19-16(10-18(13)21)17(20(23)24-19)12-25-15-7-5-14(22)6-8-15/h5-8,10,13,16-17,19H,3-4,9,11-12H2,1-2H3. The van der Waals surface area contributed by atoms with Crippen LogP contribution in [0.4, 0.5) is 0 Å². The molecule has 4 rings (SSSR count). The summed E-state index contributed by atoms with van der Waals surface area (Å²) in [5.41, 5.74) is 1.82. The Morgan fingerprint density at radius 2 is 2.08 bits per heavy atom. The number of carbonyl (C=O) groups excluding carboxylic acids is 1. The van der Waals surface area contributed by atoms with Gasteiger partial charge in [-0.3, -0.25) is 4.79 Å². The smallest absolute Gasteiger partial charge is 0.310 e. The third-order valence-corrected chi connectivity index (χ3v) is 7.71. The molecule has 1 heterocycles. The zero-order chi connectivity index (χ0) is 17.6. The molecule has 3 aliphatic rings. The van der Waals surface area contributed by atoms with Crippen molar-refractivity contribution >= 4 is 29.3 Å². The van der Waals surface area contributed by atoms with E-state index in [0.717, 1.165) is 22.1 Å². The molecule has 5 atom stereocenters. The number of benzene rings is 1. The number of carbonyl (C=O) groups is 1. The van der Waals surface area contributed by atoms with Gasteiger partial charge in [0.05, 0.1) is 5.92 Å². The normalized spacial score (nSPS) is 37.1. The van der Waals surface area contributed by atoms with Crippen LogP contribution in [0.1, 0.15) is 39.5 Å². The van der Waals surface area contributed by atoms with Crippen LogP contribution in [-0.2, 0) is 9.53 Å². The molecule has 1 aliphatic heterocycles. The molecule has 2 nitrogen and oxygen atoms in total. The number of thioether (sulfide) groups is 1. The van der Waals surface area contributed by atoms with E-state index in [-0.39, 0.29) is 29.3 Å². The van der Waals surface area contributed by atoms with Crippen molar-refractivity contribution in [3.8, 4) is 0 Å². The van der Waals surface area contributed by atoms with E-state index < -0.39 is 0 Å². The van der Waals surface area contributed by atoms with Crippen molar-refractivity contribution in [2.45, 2.75) is 50.5 Å². The second-order valence-corrected chi connectivity index (χ2v) is 9.63. The lowest BCUT2D eigenvalue weighted by molar-refractivity contribution is -0.144. The van der Waals surface area contributed by atoms with Crippen LogP contribution in [0.2, 0.25) is 5.02 Å². The van der Waals surface area contributed by atoms with Gasteiger partial charge in [-0.1, -0.05) is 43.5 Å². The topological polar surface area (TPSA) is 26.3 Å². The van der Waals surface area contributed by atoms with Gasteiger partial charge >= 0.3 is 5.97 Å². The van der Waals surface area contributed by atoms with Gasteiger partial charge in [-0.2, -0.15) is 0 Å². The Morgan fingerprint density at radius 1 is 1.32 bits per heavy atom. The fourth-order valence-electron chi connectivity index (χ4n) is 4.96. The van der Waals surface area contributed by atoms with Crippen LogP contribution in [0.25, 0.3) is 0 Å². The maximum Gasteiger partial charge on any atom is 0.310 e. The van der Waals surface area contributed by atoms with E-state index in [1.165, 1.54) is 19.3 Å². The number of allylic oxidation sites excluding steroid dienone is 1. The molecule has 0 spiro atoms. The molecule has 1 aromatic rings. The average molecular weight is 377 g/mol. The third-order valence-electron chi connectivity index (χ3n) is 6.32. The molecule has 2 fully saturated rings. The fraction of sp³-hybridized carbons (Fsp3) is 0.571. The van der Waals surface area contributed by atoms with Crippen molar-refractivity contribution in [3.05, 3.63) is 40.9 Å². The lowest BCUT2D eigenvalue weighted by atomic mass is 9.59. The summed E-state index contributed by atoms with van der Waals surface area (Å²) >= 11 is 7.68. The second-order valence-electron chi connectivity index (χ2n) is 8.10. The van der Waals surface area contributed by atoms with E-state index in [2.05, 4.69) is 19.9 Å². The summed E-state index contributed by atoms with van der Waals surface area (Å²) in [6.07, 6.45) is 7.29. The minimum Gasteiger partial charge on any atom is -0.461 e. The summed E-state index contributed by atoms with van der Waals surface area (Å²) in [7, 11) is 0. The van der Waals surface area contributed by atoms with Gasteiger partial charge in [0.25, 0.3) is 0 Å². The average Bonchev–Trinajstić information content (AvgIpc) is 2.86. The van der Waals surface area contributed by atoms with Gasteiger partial charge in [-0.25, -0.2) is 0 Å². The summed E-state index contributed by atoms with van der Waals surface area (Å²) in [5.74, 6) is 1.62. The van der Waals surface area contributed by atoms with E-state index >= 15 is 0 Å². The molecule has 4 heteroatoms. The predicted molar refractivity (Wildman–Crippen MR) is 103 cm³/mol. The van der Waals surface area contributed by atoms with Gasteiger partial charge in [-0.05, 0) is 54.9 Å². The Kier molecular flexibility index (Phi) is 4.66. The highest BCUT2D eigenvalue weighted by Gasteiger charge is 2.51. The van der Waals surface area contributed by atoms with E-state index in [9.17, 15) is 4.79 Å². The zero-order valence-corrected chi connectivity index (χ0v) is 16.4. The molecule has 0 N–H and O–H groups in total. The summed E-state index contributed by atoms with van der Waals surface area (Å²) < 4.78 is 5.82. The second kappa shape index (κ2) is 6.66. The summed E-state index contributed by atoms with van der Waals surface area (Å²) in [6.45, 7) is 4.72. The van der Waals surface area contributed by atoms with Crippen molar-refractivity contribution in [1.82, 2.24) is 0 Å². The number of fused-ring (bicyclic) bond motifs is 2. The summed E-state index contributed by atoms with van der Waals surface area (Å²) in [5, 5.41) is 0.743. The largest absolute Gasteiger partial charge is 0.461 e. The lowest BCUT2D eigenvalue weighted by Gasteiger charge is -2.46. The van der Waals surface area contributed by atoms with Crippen LogP contribution in [0.3, 0.4) is 0 Å². The quantitative estimate of drug-likeness (QED) is 0.382. The van der Waals surface area contributed by atoms with Crippen LogP contribution in [-0.4, -0.2) is 17.8 Å². The SMILES string of the molecule is CC1CCCC2(C)CC3OC(=O)C(CSc4ccc(Cl)cc4)C3C=C12. The molecule has 2 aliphatic carbocycles.